The number of phosphoric ester groups is 1. The molecule has 11 nitrogen and oxygen atoms in total. The SMILES string of the molecule is CCCCCCCCCCCCCCCCCCC(=O)OC[C@@H](COP(=O)(O)OC[C@@H](N)C(=O)O)OC(=O)CCCCCCCCCCCC. The van der Waals surface area contributed by atoms with Crippen LogP contribution in [-0.2, 0) is 37.5 Å². The van der Waals surface area contributed by atoms with E-state index >= 15 is 0 Å². The molecule has 0 aliphatic heterocycles. The van der Waals surface area contributed by atoms with E-state index in [2.05, 4.69) is 18.4 Å². The van der Waals surface area contributed by atoms with E-state index in [1.165, 1.54) is 116 Å². The van der Waals surface area contributed by atoms with E-state index in [1.54, 1.807) is 0 Å². The zero-order valence-corrected chi connectivity index (χ0v) is 32.7. The molecular weight excluding hydrogens is 661 g/mol. The van der Waals surface area contributed by atoms with Gasteiger partial charge in [0.05, 0.1) is 13.2 Å². The van der Waals surface area contributed by atoms with Crippen molar-refractivity contribution in [1.29, 1.82) is 0 Å². The van der Waals surface area contributed by atoms with E-state index in [0.717, 1.165) is 38.5 Å². The Morgan fingerprint density at radius 3 is 1.26 bits per heavy atom. The van der Waals surface area contributed by atoms with Crippen LogP contribution < -0.4 is 5.73 Å². The molecule has 12 heteroatoms. The summed E-state index contributed by atoms with van der Waals surface area (Å²) in [4.78, 5) is 45.7. The lowest BCUT2D eigenvalue weighted by atomic mass is 10.0. The van der Waals surface area contributed by atoms with Crippen molar-refractivity contribution in [3.8, 4) is 0 Å². The first-order chi connectivity index (χ1) is 24.1. The number of rotatable bonds is 38. The maximum absolute atomic E-state index is 12.5. The number of carboxylic acid groups (broad SMARTS) is 1. The zero-order chi connectivity index (χ0) is 37.1. The number of ether oxygens (including phenoxy) is 2. The summed E-state index contributed by atoms with van der Waals surface area (Å²) >= 11 is 0. The Morgan fingerprint density at radius 2 is 0.880 bits per heavy atom. The third-order valence-electron chi connectivity index (χ3n) is 8.86. The Hall–Kier alpha value is -1.52. The molecule has 296 valence electrons. The fourth-order valence-corrected chi connectivity index (χ4v) is 6.43. The van der Waals surface area contributed by atoms with Gasteiger partial charge in [-0.05, 0) is 12.8 Å². The standard InChI is InChI=1S/C38H74NO10P/c1-3-5-7-9-11-13-15-16-17-18-19-20-22-23-25-27-29-36(40)46-31-34(32-47-50(44,45)48-33-35(39)38(42)43)49-37(41)30-28-26-24-21-14-12-10-8-6-4-2/h34-35H,3-33,39H2,1-2H3,(H,42,43)(H,44,45)/t34-,35+/m0/s1. The monoisotopic (exact) mass is 736 g/mol. The van der Waals surface area contributed by atoms with Gasteiger partial charge in [0.15, 0.2) is 6.10 Å². The van der Waals surface area contributed by atoms with Crippen LogP contribution in [0.15, 0.2) is 0 Å². The number of carbonyl (C=O) groups is 3. The summed E-state index contributed by atoms with van der Waals surface area (Å²) in [6.07, 6.45) is 30.3. The van der Waals surface area contributed by atoms with E-state index in [-0.39, 0.29) is 19.4 Å². The predicted molar refractivity (Wildman–Crippen MR) is 199 cm³/mol. The van der Waals surface area contributed by atoms with Crippen molar-refractivity contribution in [2.45, 2.75) is 206 Å². The lowest BCUT2D eigenvalue weighted by Crippen LogP contribution is -2.34. The third-order valence-corrected chi connectivity index (χ3v) is 9.81. The molecule has 0 aliphatic carbocycles. The molecule has 3 atom stereocenters. The van der Waals surface area contributed by atoms with Gasteiger partial charge in [-0.25, -0.2) is 4.57 Å². The van der Waals surface area contributed by atoms with Gasteiger partial charge in [-0.1, -0.05) is 168 Å². The Labute approximate surface area is 304 Å². The summed E-state index contributed by atoms with van der Waals surface area (Å²) in [5, 5.41) is 8.85. The summed E-state index contributed by atoms with van der Waals surface area (Å²) in [5.41, 5.74) is 5.31. The van der Waals surface area contributed by atoms with Crippen LogP contribution in [-0.4, -0.2) is 59.9 Å². The molecule has 0 radical (unpaired) electrons. The van der Waals surface area contributed by atoms with E-state index in [0.29, 0.717) is 12.8 Å². The third kappa shape index (κ3) is 33.6. The molecule has 0 heterocycles. The van der Waals surface area contributed by atoms with Crippen LogP contribution in [0.2, 0.25) is 0 Å². The average Bonchev–Trinajstić information content (AvgIpc) is 3.09. The lowest BCUT2D eigenvalue weighted by molar-refractivity contribution is -0.161. The number of unbranched alkanes of at least 4 members (excludes halogenated alkanes) is 24. The van der Waals surface area contributed by atoms with Crippen LogP contribution in [0.25, 0.3) is 0 Å². The molecule has 0 amide bonds. The molecule has 0 aromatic rings. The summed E-state index contributed by atoms with van der Waals surface area (Å²) in [6.45, 7) is 2.79. The van der Waals surface area contributed by atoms with Crippen LogP contribution in [0.5, 0.6) is 0 Å². The number of carboxylic acids is 1. The van der Waals surface area contributed by atoms with Crippen LogP contribution >= 0.6 is 7.82 Å². The Balaban J connectivity index is 4.32. The highest BCUT2D eigenvalue weighted by molar-refractivity contribution is 7.47. The van der Waals surface area contributed by atoms with Crippen LogP contribution in [0, 0.1) is 0 Å². The number of carbonyl (C=O) groups excluding carboxylic acids is 2. The minimum atomic E-state index is -4.70. The quantitative estimate of drug-likeness (QED) is 0.0313. The molecule has 0 saturated heterocycles. The summed E-state index contributed by atoms with van der Waals surface area (Å²) < 4.78 is 32.6. The summed E-state index contributed by atoms with van der Waals surface area (Å²) in [5.74, 6) is -2.37. The van der Waals surface area contributed by atoms with Gasteiger partial charge in [-0.15, -0.1) is 0 Å². The molecule has 0 saturated carbocycles. The fraction of sp³-hybridized carbons (Fsp3) is 0.921. The van der Waals surface area contributed by atoms with Crippen molar-refractivity contribution < 1.29 is 47.5 Å². The van der Waals surface area contributed by atoms with Gasteiger partial charge in [0, 0.05) is 12.8 Å². The summed E-state index contributed by atoms with van der Waals surface area (Å²) in [7, 11) is -4.70. The van der Waals surface area contributed by atoms with E-state index in [4.69, 9.17) is 24.8 Å². The highest BCUT2D eigenvalue weighted by atomic mass is 31.2. The van der Waals surface area contributed by atoms with Gasteiger partial charge < -0.3 is 25.2 Å². The second-order valence-electron chi connectivity index (χ2n) is 13.8. The molecule has 0 rings (SSSR count). The topological polar surface area (TPSA) is 172 Å². The molecular formula is C38H74NO10P. The molecule has 4 N–H and O–H groups in total. The number of esters is 2. The molecule has 1 unspecified atom stereocenters. The number of hydrogen-bond donors (Lipinski definition) is 3. The van der Waals surface area contributed by atoms with Crippen LogP contribution in [0.4, 0.5) is 0 Å². The first-order valence-electron chi connectivity index (χ1n) is 20.1. The Bertz CT molecular complexity index is 875. The van der Waals surface area contributed by atoms with E-state index in [1.807, 2.05) is 0 Å². The molecule has 0 aromatic carbocycles. The molecule has 0 bridgehead atoms. The highest BCUT2D eigenvalue weighted by Crippen LogP contribution is 2.43. The van der Waals surface area contributed by atoms with Crippen molar-refractivity contribution in [1.82, 2.24) is 0 Å². The van der Waals surface area contributed by atoms with Gasteiger partial charge in [0.25, 0.3) is 0 Å². The largest absolute Gasteiger partial charge is 0.480 e. The van der Waals surface area contributed by atoms with Crippen LogP contribution in [0.1, 0.15) is 194 Å². The fourth-order valence-electron chi connectivity index (χ4n) is 5.65. The molecule has 50 heavy (non-hydrogen) atoms. The van der Waals surface area contributed by atoms with Crippen molar-refractivity contribution in [3.63, 3.8) is 0 Å². The van der Waals surface area contributed by atoms with Gasteiger partial charge in [-0.2, -0.15) is 0 Å². The smallest absolute Gasteiger partial charge is 0.472 e. The highest BCUT2D eigenvalue weighted by Gasteiger charge is 2.28. The number of phosphoric acid groups is 1. The summed E-state index contributed by atoms with van der Waals surface area (Å²) in [6, 6.07) is -1.51. The van der Waals surface area contributed by atoms with Crippen molar-refractivity contribution >= 4 is 25.7 Å². The lowest BCUT2D eigenvalue weighted by Gasteiger charge is -2.20. The van der Waals surface area contributed by atoms with E-state index in [9.17, 15) is 23.8 Å². The molecule has 0 fully saturated rings. The van der Waals surface area contributed by atoms with Gasteiger partial charge in [0.1, 0.15) is 12.6 Å². The van der Waals surface area contributed by atoms with Gasteiger partial charge >= 0.3 is 25.7 Å². The zero-order valence-electron chi connectivity index (χ0n) is 31.8. The number of aliphatic carboxylic acids is 1. The van der Waals surface area contributed by atoms with Crippen molar-refractivity contribution in [2.75, 3.05) is 19.8 Å². The van der Waals surface area contributed by atoms with Gasteiger partial charge in [0.2, 0.25) is 0 Å². The molecule has 0 aliphatic rings. The maximum atomic E-state index is 12.5. The predicted octanol–water partition coefficient (Wildman–Crippen LogP) is 9.95. The minimum Gasteiger partial charge on any atom is -0.480 e. The molecule has 0 spiro atoms. The number of hydrogen-bond acceptors (Lipinski definition) is 9. The Kier molecular flexibility index (Phi) is 33.5. The normalized spacial score (nSPS) is 13.8. The van der Waals surface area contributed by atoms with E-state index < -0.39 is 51.1 Å². The first-order valence-corrected chi connectivity index (χ1v) is 21.6. The molecule has 0 aromatic heterocycles. The average molecular weight is 736 g/mol. The second-order valence-corrected chi connectivity index (χ2v) is 15.2. The van der Waals surface area contributed by atoms with Crippen molar-refractivity contribution in [2.24, 2.45) is 5.73 Å². The maximum Gasteiger partial charge on any atom is 0.472 e. The number of nitrogens with two attached hydrogens (primary N) is 1. The van der Waals surface area contributed by atoms with Gasteiger partial charge in [-0.3, -0.25) is 23.4 Å². The Morgan fingerprint density at radius 1 is 0.540 bits per heavy atom. The van der Waals surface area contributed by atoms with Crippen LogP contribution in [0.3, 0.4) is 0 Å². The minimum absolute atomic E-state index is 0.168. The van der Waals surface area contributed by atoms with Crippen molar-refractivity contribution in [3.05, 3.63) is 0 Å². The second kappa shape index (κ2) is 34.6. The first kappa shape index (κ1) is 48.5.